The average molecular weight is 522 g/mol. The summed E-state index contributed by atoms with van der Waals surface area (Å²) >= 11 is 0.919. The summed E-state index contributed by atoms with van der Waals surface area (Å²) in [7, 11) is -3.84. The SMILES string of the molecule is CCN(CC)S(=O)(=O)c1scc(Nc2nc3nonc3nc2N[C@@H](c2ccc(C)o2)C(C)C)c1O. The van der Waals surface area contributed by atoms with Gasteiger partial charge in [0.2, 0.25) is 11.3 Å². The largest absolute Gasteiger partial charge is 0.504 e. The molecule has 188 valence electrons. The van der Waals surface area contributed by atoms with Crippen LogP contribution in [0, 0.1) is 12.8 Å². The van der Waals surface area contributed by atoms with E-state index in [9.17, 15) is 13.5 Å². The second-order valence-corrected chi connectivity index (χ2v) is 11.2. The molecule has 0 aliphatic carbocycles. The van der Waals surface area contributed by atoms with Crippen molar-refractivity contribution >= 4 is 50.0 Å². The molecule has 0 aliphatic rings. The number of nitrogens with zero attached hydrogens (tertiary/aromatic N) is 5. The van der Waals surface area contributed by atoms with Gasteiger partial charge in [-0.25, -0.2) is 23.0 Å². The maximum Gasteiger partial charge on any atom is 0.256 e. The summed E-state index contributed by atoms with van der Waals surface area (Å²) in [4.78, 5) is 8.90. The van der Waals surface area contributed by atoms with Gasteiger partial charge in [0.05, 0.1) is 11.7 Å². The van der Waals surface area contributed by atoms with Gasteiger partial charge in [0.15, 0.2) is 21.6 Å². The van der Waals surface area contributed by atoms with Gasteiger partial charge in [-0.05, 0) is 35.3 Å². The van der Waals surface area contributed by atoms with E-state index in [-0.39, 0.29) is 52.1 Å². The smallest absolute Gasteiger partial charge is 0.256 e. The Kier molecular flexibility index (Phi) is 6.96. The minimum Gasteiger partial charge on any atom is -0.504 e. The monoisotopic (exact) mass is 521 g/mol. The van der Waals surface area contributed by atoms with Crippen molar-refractivity contribution in [3.05, 3.63) is 29.0 Å². The first kappa shape index (κ1) is 24.9. The highest BCUT2D eigenvalue weighted by atomic mass is 32.2. The van der Waals surface area contributed by atoms with Crippen LogP contribution in [-0.4, -0.2) is 51.2 Å². The number of aromatic hydroxyl groups is 1. The van der Waals surface area contributed by atoms with Gasteiger partial charge in [-0.15, -0.1) is 11.3 Å². The van der Waals surface area contributed by atoms with E-state index in [1.54, 1.807) is 13.8 Å². The first-order valence-electron chi connectivity index (χ1n) is 11.1. The van der Waals surface area contributed by atoms with E-state index in [2.05, 4.69) is 30.9 Å². The molecule has 3 N–H and O–H groups in total. The van der Waals surface area contributed by atoms with Crippen molar-refractivity contribution < 1.29 is 22.6 Å². The normalized spacial score (nSPS) is 13.1. The van der Waals surface area contributed by atoms with Crippen molar-refractivity contribution in [3.63, 3.8) is 0 Å². The summed E-state index contributed by atoms with van der Waals surface area (Å²) in [5, 5.41) is 26.1. The first-order chi connectivity index (χ1) is 16.6. The molecule has 0 spiro atoms. The topological polar surface area (TPSA) is 160 Å². The molecule has 0 saturated heterocycles. The summed E-state index contributed by atoms with van der Waals surface area (Å²) < 4.78 is 37.6. The molecule has 4 aromatic heterocycles. The quantitative estimate of drug-likeness (QED) is 0.273. The van der Waals surface area contributed by atoms with E-state index in [4.69, 9.17) is 9.05 Å². The lowest BCUT2D eigenvalue weighted by Gasteiger charge is -2.22. The Labute approximate surface area is 206 Å². The Morgan fingerprint density at radius 2 is 1.77 bits per heavy atom. The number of nitrogens with one attached hydrogen (secondary N) is 2. The molecule has 0 aliphatic heterocycles. The summed E-state index contributed by atoms with van der Waals surface area (Å²) in [5.74, 6) is 1.73. The molecule has 4 heterocycles. The predicted octanol–water partition coefficient (Wildman–Crippen LogP) is 4.26. The number of aryl methyl sites for hydroxylation is 1. The van der Waals surface area contributed by atoms with Crippen molar-refractivity contribution in [3.8, 4) is 5.75 Å². The van der Waals surface area contributed by atoms with E-state index in [0.29, 0.717) is 5.82 Å². The zero-order valence-electron chi connectivity index (χ0n) is 19.9. The van der Waals surface area contributed by atoms with Crippen LogP contribution < -0.4 is 10.6 Å². The van der Waals surface area contributed by atoms with E-state index in [1.165, 1.54) is 9.69 Å². The van der Waals surface area contributed by atoms with Crippen LogP contribution >= 0.6 is 11.3 Å². The highest BCUT2D eigenvalue weighted by Gasteiger charge is 2.29. The van der Waals surface area contributed by atoms with Crippen molar-refractivity contribution in [1.82, 2.24) is 24.6 Å². The van der Waals surface area contributed by atoms with Crippen LogP contribution in [0.4, 0.5) is 17.3 Å². The van der Waals surface area contributed by atoms with Gasteiger partial charge in [0, 0.05) is 18.5 Å². The van der Waals surface area contributed by atoms with Gasteiger partial charge in [-0.3, -0.25) is 0 Å². The van der Waals surface area contributed by atoms with Crippen LogP contribution in [0.5, 0.6) is 5.75 Å². The predicted molar refractivity (Wildman–Crippen MR) is 131 cm³/mol. The minimum absolute atomic E-state index is 0.113. The number of furan rings is 1. The number of sulfonamides is 1. The standard InChI is InChI=1S/C21H27N7O5S2/c1-6-28(7-2)35(30,31)21-16(29)13(10-34-21)22-17-18(25-20-19(24-17)26-33-27-20)23-15(11(3)4)14-9-8-12(5)32-14/h8-11,15,29H,6-7H2,1-5H3,(H,22,24,26)(H,23,25,27)/t15-/m1/s1. The van der Waals surface area contributed by atoms with Gasteiger partial charge in [-0.2, -0.15) is 4.31 Å². The Morgan fingerprint density at radius 1 is 1.11 bits per heavy atom. The second kappa shape index (κ2) is 9.79. The number of hydrogen-bond acceptors (Lipinski definition) is 12. The number of hydrogen-bond donors (Lipinski definition) is 3. The number of aromatic nitrogens is 4. The fourth-order valence-electron chi connectivity index (χ4n) is 3.57. The Bertz CT molecular complexity index is 1420. The lowest BCUT2D eigenvalue weighted by Crippen LogP contribution is -2.30. The Hall–Kier alpha value is -3.23. The molecule has 4 rings (SSSR count). The third-order valence-corrected chi connectivity index (χ3v) is 8.95. The van der Waals surface area contributed by atoms with Crippen LogP contribution in [0.2, 0.25) is 0 Å². The molecule has 0 unspecified atom stereocenters. The molecule has 4 aromatic rings. The van der Waals surface area contributed by atoms with Crippen molar-refractivity contribution in [2.24, 2.45) is 5.92 Å². The Balaban J connectivity index is 1.73. The van der Waals surface area contributed by atoms with E-state index in [1.807, 2.05) is 32.9 Å². The number of thiophene rings is 1. The summed E-state index contributed by atoms with van der Waals surface area (Å²) in [6.45, 7) is 9.98. The average Bonchev–Trinajstić information content (AvgIpc) is 3.53. The van der Waals surface area contributed by atoms with Gasteiger partial charge >= 0.3 is 0 Å². The molecule has 0 fully saturated rings. The Morgan fingerprint density at radius 3 is 2.34 bits per heavy atom. The van der Waals surface area contributed by atoms with Crippen LogP contribution in [0.15, 0.2) is 30.8 Å². The minimum atomic E-state index is -3.84. The van der Waals surface area contributed by atoms with Gasteiger partial charge < -0.3 is 20.2 Å². The summed E-state index contributed by atoms with van der Waals surface area (Å²) in [6, 6.07) is 3.51. The fourth-order valence-corrected chi connectivity index (χ4v) is 6.41. The van der Waals surface area contributed by atoms with E-state index < -0.39 is 15.8 Å². The highest BCUT2D eigenvalue weighted by molar-refractivity contribution is 7.91. The molecular weight excluding hydrogens is 494 g/mol. The lowest BCUT2D eigenvalue weighted by molar-refractivity contribution is 0.314. The zero-order chi connectivity index (χ0) is 25.3. The molecule has 14 heteroatoms. The van der Waals surface area contributed by atoms with Gasteiger partial charge in [0.25, 0.3) is 10.0 Å². The van der Waals surface area contributed by atoms with Crippen molar-refractivity contribution in [2.45, 2.75) is 44.9 Å². The maximum absolute atomic E-state index is 12.9. The van der Waals surface area contributed by atoms with Crippen LogP contribution in [0.1, 0.15) is 45.3 Å². The molecule has 0 radical (unpaired) electrons. The third-order valence-electron chi connectivity index (χ3n) is 5.41. The van der Waals surface area contributed by atoms with Crippen molar-refractivity contribution in [1.29, 1.82) is 0 Å². The maximum atomic E-state index is 12.9. The van der Waals surface area contributed by atoms with E-state index >= 15 is 0 Å². The van der Waals surface area contributed by atoms with E-state index in [0.717, 1.165) is 22.9 Å². The van der Waals surface area contributed by atoms with Crippen molar-refractivity contribution in [2.75, 3.05) is 23.7 Å². The third kappa shape index (κ3) is 4.81. The zero-order valence-corrected chi connectivity index (χ0v) is 21.6. The van der Waals surface area contributed by atoms with Crippen LogP contribution in [0.3, 0.4) is 0 Å². The second-order valence-electron chi connectivity index (χ2n) is 8.15. The number of fused-ring (bicyclic) bond motifs is 1. The number of anilines is 3. The molecule has 0 bridgehead atoms. The lowest BCUT2D eigenvalue weighted by atomic mass is 10.0. The molecular formula is C21H27N7O5S2. The van der Waals surface area contributed by atoms with Crippen LogP contribution in [-0.2, 0) is 10.0 Å². The molecule has 0 saturated carbocycles. The number of rotatable bonds is 10. The molecule has 0 amide bonds. The first-order valence-corrected chi connectivity index (χ1v) is 13.4. The molecule has 35 heavy (non-hydrogen) atoms. The summed E-state index contributed by atoms with van der Waals surface area (Å²) in [6.07, 6.45) is 0. The van der Waals surface area contributed by atoms with Gasteiger partial charge in [0.1, 0.15) is 11.5 Å². The molecule has 1 atom stereocenters. The fraction of sp³-hybridized carbons (Fsp3) is 0.429. The summed E-state index contributed by atoms with van der Waals surface area (Å²) in [5.41, 5.74) is 0.512. The highest BCUT2D eigenvalue weighted by Crippen LogP contribution is 2.41. The van der Waals surface area contributed by atoms with Crippen LogP contribution in [0.25, 0.3) is 11.3 Å². The molecule has 0 aromatic carbocycles. The molecule has 12 nitrogen and oxygen atoms in total. The van der Waals surface area contributed by atoms with Gasteiger partial charge in [-0.1, -0.05) is 27.7 Å².